The Labute approximate surface area is 202 Å². The van der Waals surface area contributed by atoms with Crippen LogP contribution in [0.1, 0.15) is 28.2 Å². The Kier molecular flexibility index (Phi) is 6.35. The molecular formula is C29H23F2N3O. The summed E-state index contributed by atoms with van der Waals surface area (Å²) in [7, 11) is 0. The van der Waals surface area contributed by atoms with E-state index < -0.39 is 0 Å². The summed E-state index contributed by atoms with van der Waals surface area (Å²) in [5.74, 6) is -0.951. The maximum atomic E-state index is 13.5. The van der Waals surface area contributed by atoms with Gasteiger partial charge in [-0.15, -0.1) is 0 Å². The molecule has 1 heterocycles. The van der Waals surface area contributed by atoms with Gasteiger partial charge in [-0.2, -0.15) is 5.10 Å². The van der Waals surface area contributed by atoms with E-state index in [1.165, 1.54) is 34.8 Å². The molecule has 0 saturated heterocycles. The second-order valence-corrected chi connectivity index (χ2v) is 8.47. The minimum Gasteiger partial charge on any atom is -0.306 e. The molecule has 4 nitrogen and oxygen atoms in total. The third kappa shape index (κ3) is 5.27. The van der Waals surface area contributed by atoms with Crippen molar-refractivity contribution in [2.75, 3.05) is 11.9 Å². The predicted molar refractivity (Wildman–Crippen MR) is 133 cm³/mol. The molecule has 0 unspecified atom stereocenters. The molecule has 0 fully saturated rings. The minimum absolute atomic E-state index is 0.264. The first-order valence-corrected chi connectivity index (χ1v) is 11.4. The number of urea groups is 1. The highest BCUT2D eigenvalue weighted by atomic mass is 19.1. The first-order chi connectivity index (χ1) is 17.0. The van der Waals surface area contributed by atoms with E-state index in [1.54, 1.807) is 24.3 Å². The summed E-state index contributed by atoms with van der Waals surface area (Å²) >= 11 is 0. The number of carbonyl (C=O) groups excluding carboxylic acids is 1. The van der Waals surface area contributed by atoms with Gasteiger partial charge in [0.2, 0.25) is 0 Å². The molecule has 1 aliphatic rings. The fraction of sp³-hybridized carbons (Fsp3) is 0.103. The van der Waals surface area contributed by atoms with Gasteiger partial charge in [0.15, 0.2) is 0 Å². The van der Waals surface area contributed by atoms with E-state index in [9.17, 15) is 13.6 Å². The Morgan fingerprint density at radius 2 is 1.40 bits per heavy atom. The van der Waals surface area contributed by atoms with Crippen LogP contribution in [0.4, 0.5) is 19.3 Å². The van der Waals surface area contributed by atoms with Crippen LogP contribution in [-0.4, -0.2) is 23.3 Å². The van der Waals surface area contributed by atoms with E-state index in [0.717, 1.165) is 17.5 Å². The van der Waals surface area contributed by atoms with Crippen molar-refractivity contribution < 1.29 is 13.6 Å². The third-order valence-electron chi connectivity index (χ3n) is 6.02. The maximum absolute atomic E-state index is 13.5. The zero-order valence-electron chi connectivity index (χ0n) is 18.9. The molecule has 6 heteroatoms. The van der Waals surface area contributed by atoms with Crippen LogP contribution in [0.2, 0.25) is 0 Å². The molecule has 0 saturated carbocycles. The Balaban J connectivity index is 1.33. The maximum Gasteiger partial charge on any atom is 0.342 e. The average Bonchev–Trinajstić information content (AvgIpc) is 3.32. The van der Waals surface area contributed by atoms with Gasteiger partial charge in [-0.1, -0.05) is 66.7 Å². The van der Waals surface area contributed by atoms with Crippen molar-refractivity contribution in [2.24, 2.45) is 5.10 Å². The highest BCUT2D eigenvalue weighted by Gasteiger charge is 2.32. The van der Waals surface area contributed by atoms with Gasteiger partial charge < -0.3 is 5.32 Å². The van der Waals surface area contributed by atoms with E-state index in [0.29, 0.717) is 17.0 Å². The summed E-state index contributed by atoms with van der Waals surface area (Å²) < 4.78 is 27.0. The topological polar surface area (TPSA) is 44.7 Å². The lowest BCUT2D eigenvalue weighted by Gasteiger charge is -2.16. The molecule has 35 heavy (non-hydrogen) atoms. The summed E-state index contributed by atoms with van der Waals surface area (Å²) in [4.78, 5) is 13.0. The van der Waals surface area contributed by atoms with Gasteiger partial charge in [0.25, 0.3) is 0 Å². The predicted octanol–water partition coefficient (Wildman–Crippen LogP) is 6.59. The number of rotatable bonds is 5. The molecule has 4 aromatic carbocycles. The molecule has 2 amide bonds. The van der Waals surface area contributed by atoms with Crippen LogP contribution in [0.3, 0.4) is 0 Å². The van der Waals surface area contributed by atoms with Crippen molar-refractivity contribution in [3.05, 3.63) is 137 Å². The van der Waals surface area contributed by atoms with E-state index in [4.69, 9.17) is 0 Å². The molecule has 1 atom stereocenters. The smallest absolute Gasteiger partial charge is 0.306 e. The summed E-state index contributed by atoms with van der Waals surface area (Å²) in [6.45, 7) is 0.288. The van der Waals surface area contributed by atoms with E-state index in [1.807, 2.05) is 42.5 Å². The van der Waals surface area contributed by atoms with Gasteiger partial charge in [0.05, 0.1) is 12.3 Å². The Morgan fingerprint density at radius 3 is 2.06 bits per heavy atom. The van der Waals surface area contributed by atoms with Gasteiger partial charge in [0, 0.05) is 11.6 Å². The van der Waals surface area contributed by atoms with E-state index in [-0.39, 0.29) is 30.1 Å². The van der Waals surface area contributed by atoms with Crippen molar-refractivity contribution in [1.82, 2.24) is 5.01 Å². The van der Waals surface area contributed by atoms with Gasteiger partial charge >= 0.3 is 6.03 Å². The molecule has 0 aromatic heterocycles. The van der Waals surface area contributed by atoms with Crippen molar-refractivity contribution >= 4 is 17.4 Å². The van der Waals surface area contributed by atoms with Crippen molar-refractivity contribution in [3.63, 3.8) is 0 Å². The number of hydrogen-bond acceptors (Lipinski definition) is 2. The molecule has 1 aliphatic heterocycles. The van der Waals surface area contributed by atoms with Gasteiger partial charge in [-0.3, -0.25) is 0 Å². The zero-order chi connectivity index (χ0) is 24.2. The number of amides is 2. The van der Waals surface area contributed by atoms with E-state index in [2.05, 4.69) is 22.6 Å². The number of nitrogens with zero attached hydrogens (tertiary/aromatic N) is 2. The number of hydrogen-bond donors (Lipinski definition) is 1. The second-order valence-electron chi connectivity index (χ2n) is 8.47. The first kappa shape index (κ1) is 22.5. The first-order valence-electron chi connectivity index (χ1n) is 11.4. The Hall–Kier alpha value is -4.32. The molecule has 1 N–H and O–H groups in total. The second kappa shape index (κ2) is 9.89. The highest BCUT2D eigenvalue weighted by Crippen LogP contribution is 2.29. The summed E-state index contributed by atoms with van der Waals surface area (Å²) in [6, 6.07) is 29.7. The lowest BCUT2D eigenvalue weighted by molar-refractivity contribution is 0.218. The van der Waals surface area contributed by atoms with Crippen molar-refractivity contribution in [3.8, 4) is 0 Å². The fourth-order valence-corrected chi connectivity index (χ4v) is 4.19. The molecule has 0 radical (unpaired) electrons. The normalized spacial score (nSPS) is 15.1. The molecule has 174 valence electrons. The quantitative estimate of drug-likeness (QED) is 0.354. The summed E-state index contributed by atoms with van der Waals surface area (Å²) in [5, 5.41) is 8.82. The lowest BCUT2D eigenvalue weighted by atomic mass is 9.90. The van der Waals surface area contributed by atoms with Crippen LogP contribution in [0, 0.1) is 11.6 Å². The zero-order valence-corrected chi connectivity index (χ0v) is 18.9. The monoisotopic (exact) mass is 467 g/mol. The number of hydrazone groups is 1. The number of halogens is 2. The van der Waals surface area contributed by atoms with E-state index >= 15 is 0 Å². The Morgan fingerprint density at radius 1 is 0.800 bits per heavy atom. The van der Waals surface area contributed by atoms with Crippen LogP contribution < -0.4 is 5.32 Å². The van der Waals surface area contributed by atoms with Crippen molar-refractivity contribution in [1.29, 1.82) is 0 Å². The van der Waals surface area contributed by atoms with Crippen LogP contribution in [-0.2, 0) is 6.42 Å². The molecular weight excluding hydrogens is 444 g/mol. The van der Waals surface area contributed by atoms with Gasteiger partial charge in [0.1, 0.15) is 11.6 Å². The van der Waals surface area contributed by atoms with Crippen LogP contribution >= 0.6 is 0 Å². The average molecular weight is 468 g/mol. The number of carbonyl (C=O) groups is 1. The lowest BCUT2D eigenvalue weighted by Crippen LogP contribution is -2.30. The summed E-state index contributed by atoms with van der Waals surface area (Å²) in [6.07, 6.45) is 0.811. The molecule has 0 bridgehead atoms. The minimum atomic E-state index is -0.370. The standard InChI is InChI=1S/C29H23F2N3O/c30-24-12-8-22(9-13-24)27-19-34(33-28(27)23-10-14-25(31)15-11-23)29(35)32-26-16-6-21(7-17-26)18-20-4-2-1-3-5-20/h1-17,27H,18-19H2,(H,32,35)/t27-/m0/s1. The highest BCUT2D eigenvalue weighted by molar-refractivity contribution is 6.07. The third-order valence-corrected chi connectivity index (χ3v) is 6.02. The summed E-state index contributed by atoms with van der Waals surface area (Å²) in [5.41, 5.74) is 5.19. The molecule has 4 aromatic rings. The number of anilines is 1. The molecule has 0 spiro atoms. The number of benzene rings is 4. The van der Waals surface area contributed by atoms with Crippen LogP contribution in [0.25, 0.3) is 0 Å². The Bertz CT molecular complexity index is 1340. The SMILES string of the molecule is O=C(Nc1ccc(Cc2ccccc2)cc1)N1C[C@@H](c2ccc(F)cc2)C(c2ccc(F)cc2)=N1. The molecule has 0 aliphatic carbocycles. The van der Waals surface area contributed by atoms with Gasteiger partial charge in [-0.25, -0.2) is 18.6 Å². The molecule has 5 rings (SSSR count). The van der Waals surface area contributed by atoms with Crippen LogP contribution in [0.5, 0.6) is 0 Å². The van der Waals surface area contributed by atoms with Crippen LogP contribution in [0.15, 0.2) is 108 Å². The number of nitrogens with one attached hydrogen (secondary N) is 1. The van der Waals surface area contributed by atoms with Gasteiger partial charge in [-0.05, 0) is 65.1 Å². The van der Waals surface area contributed by atoms with Crippen molar-refractivity contribution in [2.45, 2.75) is 12.3 Å². The fourth-order valence-electron chi connectivity index (χ4n) is 4.19. The largest absolute Gasteiger partial charge is 0.342 e.